The van der Waals surface area contributed by atoms with Crippen LogP contribution in [0.1, 0.15) is 18.1 Å². The molecule has 0 spiro atoms. The molecule has 1 saturated heterocycles. The molecule has 96 valence electrons. The van der Waals surface area contributed by atoms with Gasteiger partial charge in [0.15, 0.2) is 0 Å². The summed E-state index contributed by atoms with van der Waals surface area (Å²) in [5, 5.41) is 3.32. The molecule has 1 unspecified atom stereocenters. The van der Waals surface area contributed by atoms with Crippen LogP contribution in [0.25, 0.3) is 11.0 Å². The molecule has 6 nitrogen and oxygen atoms in total. The third-order valence-electron chi connectivity index (χ3n) is 3.18. The van der Waals surface area contributed by atoms with E-state index in [9.17, 15) is 0 Å². The fraction of sp³-hybridized carbons (Fsp3) is 0.500. The Morgan fingerprint density at radius 3 is 3.22 bits per heavy atom. The molecule has 2 aromatic heterocycles. The largest absolute Gasteiger partial charge is 0.479 e. The third kappa shape index (κ3) is 1.93. The minimum absolute atomic E-state index is 0.0772. The predicted molar refractivity (Wildman–Crippen MR) is 66.6 cm³/mol. The number of hydrogen-bond acceptors (Lipinski definition) is 5. The fourth-order valence-electron chi connectivity index (χ4n) is 2.30. The highest BCUT2D eigenvalue weighted by atomic mass is 16.5. The summed E-state index contributed by atoms with van der Waals surface area (Å²) in [6, 6.07) is 0. The van der Waals surface area contributed by atoms with Gasteiger partial charge in [-0.2, -0.15) is 4.98 Å². The van der Waals surface area contributed by atoms with E-state index < -0.39 is 0 Å². The van der Waals surface area contributed by atoms with Gasteiger partial charge < -0.3 is 19.8 Å². The minimum atomic E-state index is 0.0772. The topological polar surface area (TPSA) is 72.1 Å². The van der Waals surface area contributed by atoms with E-state index in [2.05, 4.69) is 20.3 Å². The van der Waals surface area contributed by atoms with Crippen LogP contribution < -0.4 is 10.1 Å². The minimum Gasteiger partial charge on any atom is -0.479 e. The summed E-state index contributed by atoms with van der Waals surface area (Å²) in [5.74, 6) is 0.568. The molecule has 2 aromatic rings. The molecule has 0 saturated carbocycles. The SMILES string of the molecule is COc1ncnc2c(C3CCNCCO3)c[nH]c12. The van der Waals surface area contributed by atoms with Gasteiger partial charge in [-0.3, -0.25) is 0 Å². The van der Waals surface area contributed by atoms with Gasteiger partial charge in [-0.1, -0.05) is 0 Å². The van der Waals surface area contributed by atoms with E-state index in [-0.39, 0.29) is 6.10 Å². The van der Waals surface area contributed by atoms with Crippen LogP contribution in [-0.2, 0) is 4.74 Å². The van der Waals surface area contributed by atoms with Crippen LogP contribution in [0.3, 0.4) is 0 Å². The third-order valence-corrected chi connectivity index (χ3v) is 3.18. The van der Waals surface area contributed by atoms with Crippen molar-refractivity contribution in [2.45, 2.75) is 12.5 Å². The Morgan fingerprint density at radius 2 is 2.33 bits per heavy atom. The average Bonchev–Trinajstić information content (AvgIpc) is 2.66. The molecule has 0 amide bonds. The molecular formula is C12H16N4O2. The standard InChI is InChI=1S/C12H16N4O2/c1-17-12-11-10(15-7-16-12)8(6-14-11)9-2-3-13-4-5-18-9/h6-7,9,13-14H,2-5H2,1H3. The van der Waals surface area contributed by atoms with Crippen molar-refractivity contribution in [3.63, 3.8) is 0 Å². The molecule has 6 heteroatoms. The van der Waals surface area contributed by atoms with Gasteiger partial charge in [-0.25, -0.2) is 4.98 Å². The number of ether oxygens (including phenoxy) is 2. The smallest absolute Gasteiger partial charge is 0.241 e. The average molecular weight is 248 g/mol. The van der Waals surface area contributed by atoms with Crippen LogP contribution in [0.5, 0.6) is 5.88 Å². The van der Waals surface area contributed by atoms with Gasteiger partial charge in [0, 0.05) is 18.3 Å². The number of fused-ring (bicyclic) bond motifs is 1. The summed E-state index contributed by atoms with van der Waals surface area (Å²) in [7, 11) is 1.61. The second-order valence-corrected chi connectivity index (χ2v) is 4.25. The van der Waals surface area contributed by atoms with Crippen molar-refractivity contribution in [1.29, 1.82) is 0 Å². The summed E-state index contributed by atoms with van der Waals surface area (Å²) >= 11 is 0. The first kappa shape index (κ1) is 11.4. The maximum Gasteiger partial charge on any atom is 0.241 e. The lowest BCUT2D eigenvalue weighted by Crippen LogP contribution is -2.16. The van der Waals surface area contributed by atoms with Gasteiger partial charge in [0.2, 0.25) is 5.88 Å². The molecule has 1 fully saturated rings. The zero-order valence-corrected chi connectivity index (χ0v) is 10.3. The zero-order valence-electron chi connectivity index (χ0n) is 10.3. The van der Waals surface area contributed by atoms with Crippen molar-refractivity contribution < 1.29 is 9.47 Å². The summed E-state index contributed by atoms with van der Waals surface area (Å²) < 4.78 is 11.1. The Morgan fingerprint density at radius 1 is 1.39 bits per heavy atom. The Hall–Kier alpha value is -1.66. The van der Waals surface area contributed by atoms with E-state index in [1.54, 1.807) is 7.11 Å². The molecular weight excluding hydrogens is 232 g/mol. The first-order valence-electron chi connectivity index (χ1n) is 6.08. The van der Waals surface area contributed by atoms with Gasteiger partial charge >= 0.3 is 0 Å². The van der Waals surface area contributed by atoms with Gasteiger partial charge in [-0.05, 0) is 13.0 Å². The lowest BCUT2D eigenvalue weighted by atomic mass is 10.1. The summed E-state index contributed by atoms with van der Waals surface area (Å²) in [5.41, 5.74) is 2.79. The number of rotatable bonds is 2. The van der Waals surface area contributed by atoms with Crippen LogP contribution >= 0.6 is 0 Å². The Balaban J connectivity index is 2.01. The molecule has 0 radical (unpaired) electrons. The Kier molecular flexibility index (Phi) is 3.12. The van der Waals surface area contributed by atoms with Crippen molar-refractivity contribution in [3.05, 3.63) is 18.1 Å². The summed E-state index contributed by atoms with van der Waals surface area (Å²) in [6.45, 7) is 2.58. The molecule has 3 rings (SSSR count). The first-order chi connectivity index (χ1) is 8.90. The van der Waals surface area contributed by atoms with Gasteiger partial charge in [0.25, 0.3) is 0 Å². The number of aromatic nitrogens is 3. The molecule has 2 N–H and O–H groups in total. The monoisotopic (exact) mass is 248 g/mol. The molecule has 1 aliphatic heterocycles. The summed E-state index contributed by atoms with van der Waals surface area (Å²) in [4.78, 5) is 11.6. The number of H-pyrrole nitrogens is 1. The quantitative estimate of drug-likeness (QED) is 0.830. The maximum atomic E-state index is 5.85. The lowest BCUT2D eigenvalue weighted by molar-refractivity contribution is 0.0653. The van der Waals surface area contributed by atoms with E-state index in [0.29, 0.717) is 5.88 Å². The maximum absolute atomic E-state index is 5.85. The summed E-state index contributed by atoms with van der Waals surface area (Å²) in [6.07, 6.45) is 4.48. The molecule has 18 heavy (non-hydrogen) atoms. The van der Waals surface area contributed by atoms with Crippen molar-refractivity contribution in [3.8, 4) is 5.88 Å². The number of hydrogen-bond donors (Lipinski definition) is 2. The van der Waals surface area contributed by atoms with Crippen molar-refractivity contribution in [2.75, 3.05) is 26.8 Å². The normalized spacial score (nSPS) is 20.8. The van der Waals surface area contributed by atoms with E-state index >= 15 is 0 Å². The van der Waals surface area contributed by atoms with Gasteiger partial charge in [0.1, 0.15) is 17.4 Å². The highest BCUT2D eigenvalue weighted by molar-refractivity contribution is 5.83. The fourth-order valence-corrected chi connectivity index (χ4v) is 2.30. The molecule has 1 atom stereocenters. The van der Waals surface area contributed by atoms with E-state index in [4.69, 9.17) is 9.47 Å². The first-order valence-corrected chi connectivity index (χ1v) is 6.08. The molecule has 0 aromatic carbocycles. The highest BCUT2D eigenvalue weighted by Crippen LogP contribution is 2.30. The van der Waals surface area contributed by atoms with Crippen molar-refractivity contribution >= 4 is 11.0 Å². The lowest BCUT2D eigenvalue weighted by Gasteiger charge is -2.13. The molecule has 1 aliphatic rings. The number of aromatic amines is 1. The van der Waals surface area contributed by atoms with Crippen LogP contribution in [-0.4, -0.2) is 41.8 Å². The van der Waals surface area contributed by atoms with Crippen LogP contribution in [0, 0.1) is 0 Å². The molecule has 3 heterocycles. The Bertz CT molecular complexity index is 532. The van der Waals surface area contributed by atoms with Crippen molar-refractivity contribution in [2.24, 2.45) is 0 Å². The van der Waals surface area contributed by atoms with Gasteiger partial charge in [0.05, 0.1) is 19.8 Å². The Labute approximate surface area is 105 Å². The second kappa shape index (κ2) is 4.91. The molecule has 0 bridgehead atoms. The van der Waals surface area contributed by atoms with E-state index in [1.165, 1.54) is 6.33 Å². The molecule has 0 aliphatic carbocycles. The highest BCUT2D eigenvalue weighted by Gasteiger charge is 2.20. The number of methoxy groups -OCH3 is 1. The number of nitrogens with one attached hydrogen (secondary N) is 2. The van der Waals surface area contributed by atoms with E-state index in [1.807, 2.05) is 6.20 Å². The van der Waals surface area contributed by atoms with Crippen LogP contribution in [0.15, 0.2) is 12.5 Å². The van der Waals surface area contributed by atoms with Crippen molar-refractivity contribution in [1.82, 2.24) is 20.3 Å². The van der Waals surface area contributed by atoms with Crippen LogP contribution in [0.4, 0.5) is 0 Å². The predicted octanol–water partition coefficient (Wildman–Crippen LogP) is 1.02. The van der Waals surface area contributed by atoms with E-state index in [0.717, 1.165) is 42.7 Å². The number of nitrogens with zero attached hydrogens (tertiary/aromatic N) is 2. The van der Waals surface area contributed by atoms with Gasteiger partial charge in [-0.15, -0.1) is 0 Å². The van der Waals surface area contributed by atoms with Crippen LogP contribution in [0.2, 0.25) is 0 Å². The second-order valence-electron chi connectivity index (χ2n) is 4.25. The zero-order chi connectivity index (χ0) is 12.4.